The Morgan fingerprint density at radius 3 is 1.96 bits per heavy atom. The fraction of sp³-hybridized carbons (Fsp3) is 0.167. The van der Waals surface area contributed by atoms with Crippen LogP contribution in [0.25, 0.3) is 0 Å². The van der Waals surface area contributed by atoms with Crippen LogP contribution in [0, 0.1) is 5.92 Å². The number of carbonyl (C=O) groups is 2. The summed E-state index contributed by atoms with van der Waals surface area (Å²) in [7, 11) is 0. The maximum absolute atomic E-state index is 13.5. The van der Waals surface area contributed by atoms with Crippen molar-refractivity contribution in [3.05, 3.63) is 95.6 Å². The van der Waals surface area contributed by atoms with Crippen molar-refractivity contribution >= 4 is 23.5 Å². The van der Waals surface area contributed by atoms with Crippen LogP contribution in [-0.2, 0) is 9.53 Å². The number of hydrogen-bond donors (Lipinski definition) is 0. The quantitative estimate of drug-likeness (QED) is 0.336. The number of rotatable bonds is 5. The first-order chi connectivity index (χ1) is 13.7. The summed E-state index contributed by atoms with van der Waals surface area (Å²) >= 11 is 1.67. The normalized spacial score (nSPS) is 13.9. The summed E-state index contributed by atoms with van der Waals surface area (Å²) in [5.74, 6) is -1.98. The van der Waals surface area contributed by atoms with Gasteiger partial charge in [0.15, 0.2) is 5.78 Å². The SMILES string of the molecule is CCOC(=O)[C@@H](C(=O)c1ccccc1)C1c2ccccc2Sc2ccccc21. The van der Waals surface area contributed by atoms with Gasteiger partial charge < -0.3 is 4.74 Å². The Morgan fingerprint density at radius 2 is 1.39 bits per heavy atom. The van der Waals surface area contributed by atoms with Gasteiger partial charge in [0.1, 0.15) is 5.92 Å². The van der Waals surface area contributed by atoms with Crippen molar-refractivity contribution in [1.29, 1.82) is 0 Å². The predicted molar refractivity (Wildman–Crippen MR) is 110 cm³/mol. The standard InChI is InChI=1S/C24H20O3S/c1-2-27-24(26)22(23(25)16-10-4-3-5-11-16)21-17-12-6-8-14-19(17)28-20-15-9-7-13-18(20)21/h3-15,21-22H,2H2,1H3/t22-/m1/s1. The molecule has 1 heterocycles. The van der Waals surface area contributed by atoms with Gasteiger partial charge in [-0.05, 0) is 30.2 Å². The van der Waals surface area contributed by atoms with Gasteiger partial charge in [-0.1, -0.05) is 78.5 Å². The summed E-state index contributed by atoms with van der Waals surface area (Å²) in [5.41, 5.74) is 2.51. The Morgan fingerprint density at radius 1 is 0.857 bits per heavy atom. The van der Waals surface area contributed by atoms with Crippen LogP contribution in [0.2, 0.25) is 0 Å². The molecule has 0 fully saturated rings. The Hall–Kier alpha value is -2.85. The molecule has 4 rings (SSSR count). The number of fused-ring (bicyclic) bond motifs is 2. The molecule has 0 aliphatic carbocycles. The third kappa shape index (κ3) is 3.36. The second-order valence-electron chi connectivity index (χ2n) is 6.62. The van der Waals surface area contributed by atoms with Gasteiger partial charge in [0.2, 0.25) is 0 Å². The van der Waals surface area contributed by atoms with Crippen LogP contribution in [0.3, 0.4) is 0 Å². The molecule has 0 unspecified atom stereocenters. The number of Topliss-reactive ketones (excluding diaryl/α,β-unsaturated/α-hetero) is 1. The van der Waals surface area contributed by atoms with Crippen LogP contribution in [0.5, 0.6) is 0 Å². The highest BCUT2D eigenvalue weighted by Gasteiger charge is 2.41. The zero-order valence-electron chi connectivity index (χ0n) is 15.5. The molecule has 4 heteroatoms. The molecule has 0 bridgehead atoms. The second kappa shape index (κ2) is 8.03. The highest BCUT2D eigenvalue weighted by Crippen LogP contribution is 2.49. The molecular formula is C24H20O3S. The Kier molecular flexibility index (Phi) is 5.31. The molecule has 0 saturated heterocycles. The predicted octanol–water partition coefficient (Wildman–Crippen LogP) is 5.35. The van der Waals surface area contributed by atoms with Gasteiger partial charge in [-0.3, -0.25) is 9.59 Å². The first kappa shape index (κ1) is 18.5. The van der Waals surface area contributed by atoms with Gasteiger partial charge in [-0.25, -0.2) is 0 Å². The first-order valence-electron chi connectivity index (χ1n) is 9.32. The lowest BCUT2D eigenvalue weighted by Gasteiger charge is -2.32. The largest absolute Gasteiger partial charge is 0.465 e. The van der Waals surface area contributed by atoms with Crippen LogP contribution in [0.1, 0.15) is 34.3 Å². The molecule has 1 aliphatic heterocycles. The first-order valence-corrected chi connectivity index (χ1v) is 10.1. The summed E-state index contributed by atoms with van der Waals surface area (Å²) < 4.78 is 5.36. The smallest absolute Gasteiger partial charge is 0.317 e. The van der Waals surface area contributed by atoms with Gasteiger partial charge in [-0.2, -0.15) is 0 Å². The number of ketones is 1. The van der Waals surface area contributed by atoms with E-state index < -0.39 is 11.9 Å². The lowest BCUT2D eigenvalue weighted by Crippen LogP contribution is -2.34. The second-order valence-corrected chi connectivity index (χ2v) is 7.70. The summed E-state index contributed by atoms with van der Waals surface area (Å²) in [4.78, 5) is 28.6. The molecule has 0 saturated carbocycles. The van der Waals surface area contributed by atoms with Crippen molar-refractivity contribution in [2.24, 2.45) is 5.92 Å². The zero-order chi connectivity index (χ0) is 19.5. The molecule has 1 atom stereocenters. The summed E-state index contributed by atoms with van der Waals surface area (Å²) in [6.07, 6.45) is 0. The minimum absolute atomic E-state index is 0.208. The van der Waals surface area contributed by atoms with Gasteiger partial charge in [0.25, 0.3) is 0 Å². The fourth-order valence-corrected chi connectivity index (χ4v) is 4.87. The highest BCUT2D eigenvalue weighted by molar-refractivity contribution is 7.99. The Bertz CT molecular complexity index is 968. The van der Waals surface area contributed by atoms with Crippen molar-refractivity contribution in [1.82, 2.24) is 0 Å². The molecular weight excluding hydrogens is 368 g/mol. The van der Waals surface area contributed by atoms with E-state index in [9.17, 15) is 9.59 Å². The van der Waals surface area contributed by atoms with Crippen LogP contribution in [-0.4, -0.2) is 18.4 Å². The van der Waals surface area contributed by atoms with Crippen LogP contribution >= 0.6 is 11.8 Å². The van der Waals surface area contributed by atoms with E-state index in [1.165, 1.54) is 0 Å². The molecule has 3 aromatic carbocycles. The molecule has 3 aromatic rings. The van der Waals surface area contributed by atoms with Crippen LogP contribution in [0.15, 0.2) is 88.7 Å². The van der Waals surface area contributed by atoms with E-state index in [4.69, 9.17) is 4.74 Å². The number of ether oxygens (including phenoxy) is 1. The van der Waals surface area contributed by atoms with Gasteiger partial charge in [0.05, 0.1) is 6.61 Å². The average molecular weight is 388 g/mol. The maximum Gasteiger partial charge on any atom is 0.317 e. The molecule has 0 amide bonds. The minimum atomic E-state index is -0.925. The third-order valence-corrected chi connectivity index (χ3v) is 6.13. The van der Waals surface area contributed by atoms with Crippen LogP contribution < -0.4 is 0 Å². The van der Waals surface area contributed by atoms with Crippen molar-refractivity contribution in [3.63, 3.8) is 0 Å². The highest BCUT2D eigenvalue weighted by atomic mass is 32.2. The average Bonchev–Trinajstić information content (AvgIpc) is 2.74. The van der Waals surface area contributed by atoms with Gasteiger partial charge >= 0.3 is 5.97 Å². The number of carbonyl (C=O) groups excluding carboxylic acids is 2. The van der Waals surface area contributed by atoms with E-state index in [1.54, 1.807) is 30.8 Å². The molecule has 28 heavy (non-hydrogen) atoms. The lowest BCUT2D eigenvalue weighted by molar-refractivity contribution is -0.146. The van der Waals surface area contributed by atoms with E-state index in [-0.39, 0.29) is 18.3 Å². The molecule has 0 spiro atoms. The van der Waals surface area contributed by atoms with E-state index >= 15 is 0 Å². The van der Waals surface area contributed by atoms with Gasteiger partial charge in [-0.15, -0.1) is 0 Å². The molecule has 140 valence electrons. The Labute approximate surface area is 168 Å². The maximum atomic E-state index is 13.5. The number of esters is 1. The number of benzene rings is 3. The fourth-order valence-electron chi connectivity index (χ4n) is 3.71. The van der Waals surface area contributed by atoms with E-state index in [0.29, 0.717) is 5.56 Å². The summed E-state index contributed by atoms with van der Waals surface area (Å²) in [6.45, 7) is 2.00. The van der Waals surface area contributed by atoms with Gasteiger partial charge in [0, 0.05) is 21.3 Å². The topological polar surface area (TPSA) is 43.4 Å². The van der Waals surface area contributed by atoms with E-state index in [2.05, 4.69) is 0 Å². The zero-order valence-corrected chi connectivity index (χ0v) is 16.3. The van der Waals surface area contributed by atoms with E-state index in [0.717, 1.165) is 20.9 Å². The number of hydrogen-bond acceptors (Lipinski definition) is 4. The summed E-state index contributed by atoms with van der Waals surface area (Å²) in [5, 5.41) is 0. The van der Waals surface area contributed by atoms with Crippen molar-refractivity contribution in [2.45, 2.75) is 22.6 Å². The Balaban J connectivity index is 1.89. The lowest BCUT2D eigenvalue weighted by atomic mass is 9.76. The molecule has 3 nitrogen and oxygen atoms in total. The molecule has 1 aliphatic rings. The van der Waals surface area contributed by atoms with Crippen molar-refractivity contribution < 1.29 is 14.3 Å². The summed E-state index contributed by atoms with van der Waals surface area (Å²) in [6, 6.07) is 25.0. The third-order valence-electron chi connectivity index (χ3n) is 4.94. The van der Waals surface area contributed by atoms with Crippen LogP contribution in [0.4, 0.5) is 0 Å². The van der Waals surface area contributed by atoms with Crippen molar-refractivity contribution in [3.8, 4) is 0 Å². The molecule has 0 N–H and O–H groups in total. The minimum Gasteiger partial charge on any atom is -0.465 e. The molecule has 0 aromatic heterocycles. The monoisotopic (exact) mass is 388 g/mol. The molecule has 0 radical (unpaired) electrons. The van der Waals surface area contributed by atoms with Crippen molar-refractivity contribution in [2.75, 3.05) is 6.61 Å². The van der Waals surface area contributed by atoms with E-state index in [1.807, 2.05) is 66.7 Å².